The topological polar surface area (TPSA) is 83.7 Å². The van der Waals surface area contributed by atoms with Gasteiger partial charge in [0.2, 0.25) is 0 Å². The number of rotatable bonds is 7. The van der Waals surface area contributed by atoms with Crippen molar-refractivity contribution in [3.63, 3.8) is 0 Å². The van der Waals surface area contributed by atoms with Gasteiger partial charge in [-0.05, 0) is 63.0 Å². The van der Waals surface area contributed by atoms with Crippen molar-refractivity contribution in [3.05, 3.63) is 52.3 Å². The van der Waals surface area contributed by atoms with Crippen molar-refractivity contribution in [3.8, 4) is 5.75 Å². The van der Waals surface area contributed by atoms with Crippen molar-refractivity contribution in [2.24, 2.45) is 0 Å². The van der Waals surface area contributed by atoms with Crippen LogP contribution in [0.1, 0.15) is 56.6 Å². The number of hydrogen-bond donors (Lipinski definition) is 2. The summed E-state index contributed by atoms with van der Waals surface area (Å²) in [5, 5.41) is 3.05. The van der Waals surface area contributed by atoms with Crippen LogP contribution in [0.15, 0.2) is 24.3 Å². The van der Waals surface area contributed by atoms with Gasteiger partial charge in [-0.15, -0.1) is 0 Å². The second-order valence-electron chi connectivity index (χ2n) is 7.36. The van der Waals surface area contributed by atoms with E-state index in [1.165, 1.54) is 7.11 Å². The number of methoxy groups -OCH3 is 2. The second-order valence-corrected chi connectivity index (χ2v) is 7.36. The summed E-state index contributed by atoms with van der Waals surface area (Å²) >= 11 is 0. The lowest BCUT2D eigenvalue weighted by Crippen LogP contribution is -2.37. The highest BCUT2D eigenvalue weighted by atomic mass is 16.5. The van der Waals surface area contributed by atoms with Gasteiger partial charge in [0.05, 0.1) is 25.8 Å². The van der Waals surface area contributed by atoms with Crippen LogP contribution < -0.4 is 10.1 Å². The Morgan fingerprint density at radius 2 is 1.93 bits per heavy atom. The lowest BCUT2D eigenvalue weighted by atomic mass is 10.0. The molecule has 1 aliphatic rings. The molecular formula is C22H29N3O4. The standard InChI is InChI=1S/C22H29N3O4/c1-14-19(22(27)29-4)15(2)24-20(14)21(26)23-13-18(25-10-5-6-11-25)16-8-7-9-17(12-16)28-3/h7-9,12,18,24H,5-6,10-11,13H2,1-4H3,(H,23,26). The summed E-state index contributed by atoms with van der Waals surface area (Å²) in [6.07, 6.45) is 2.32. The van der Waals surface area contributed by atoms with Crippen molar-refractivity contribution in [2.75, 3.05) is 33.9 Å². The number of ether oxygens (including phenoxy) is 2. The van der Waals surface area contributed by atoms with Crippen LogP contribution in [0.25, 0.3) is 0 Å². The molecule has 2 heterocycles. The zero-order valence-corrected chi connectivity index (χ0v) is 17.5. The van der Waals surface area contributed by atoms with Crippen LogP contribution in [0.4, 0.5) is 0 Å². The van der Waals surface area contributed by atoms with Gasteiger partial charge in [-0.3, -0.25) is 9.69 Å². The highest BCUT2D eigenvalue weighted by molar-refractivity contribution is 6.00. The van der Waals surface area contributed by atoms with Crippen LogP contribution in [0, 0.1) is 13.8 Å². The maximum absolute atomic E-state index is 12.9. The summed E-state index contributed by atoms with van der Waals surface area (Å²) in [5.74, 6) is 0.131. The van der Waals surface area contributed by atoms with Gasteiger partial charge in [0.15, 0.2) is 0 Å². The molecule has 7 nitrogen and oxygen atoms in total. The van der Waals surface area contributed by atoms with E-state index in [0.717, 1.165) is 37.2 Å². The Labute approximate surface area is 171 Å². The van der Waals surface area contributed by atoms with Crippen LogP contribution in [0.2, 0.25) is 0 Å². The molecule has 1 fully saturated rings. The number of aryl methyl sites for hydroxylation is 1. The normalized spacial score (nSPS) is 15.2. The molecule has 0 aliphatic carbocycles. The third kappa shape index (κ3) is 4.45. The monoisotopic (exact) mass is 399 g/mol. The van der Waals surface area contributed by atoms with E-state index in [1.54, 1.807) is 21.0 Å². The molecule has 0 bridgehead atoms. The van der Waals surface area contributed by atoms with Crippen LogP contribution in [-0.2, 0) is 4.74 Å². The zero-order chi connectivity index (χ0) is 21.0. The number of esters is 1. The Bertz CT molecular complexity index is 884. The van der Waals surface area contributed by atoms with Gasteiger partial charge in [-0.1, -0.05) is 12.1 Å². The number of likely N-dealkylation sites (tertiary alicyclic amines) is 1. The smallest absolute Gasteiger partial charge is 0.339 e. The summed E-state index contributed by atoms with van der Waals surface area (Å²) in [7, 11) is 2.99. The molecule has 3 rings (SSSR count). The first kappa shape index (κ1) is 20.9. The molecule has 1 amide bonds. The van der Waals surface area contributed by atoms with Gasteiger partial charge in [0.1, 0.15) is 11.4 Å². The van der Waals surface area contributed by atoms with Crippen molar-refractivity contribution in [1.29, 1.82) is 0 Å². The predicted octanol–water partition coefficient (Wildman–Crippen LogP) is 2.99. The number of aromatic nitrogens is 1. The van der Waals surface area contributed by atoms with Crippen LogP contribution >= 0.6 is 0 Å². The number of benzene rings is 1. The van der Waals surface area contributed by atoms with E-state index < -0.39 is 5.97 Å². The van der Waals surface area contributed by atoms with Gasteiger partial charge < -0.3 is 19.8 Å². The minimum absolute atomic E-state index is 0.0630. The van der Waals surface area contributed by atoms with Crippen molar-refractivity contribution >= 4 is 11.9 Å². The number of carbonyl (C=O) groups is 2. The maximum Gasteiger partial charge on any atom is 0.339 e. The molecule has 2 N–H and O–H groups in total. The van der Waals surface area contributed by atoms with Crippen molar-refractivity contribution in [1.82, 2.24) is 15.2 Å². The Morgan fingerprint density at radius 1 is 1.21 bits per heavy atom. The van der Waals surface area contributed by atoms with E-state index in [2.05, 4.69) is 21.3 Å². The van der Waals surface area contributed by atoms with E-state index in [0.29, 0.717) is 29.1 Å². The molecule has 29 heavy (non-hydrogen) atoms. The van der Waals surface area contributed by atoms with Crippen molar-refractivity contribution in [2.45, 2.75) is 32.7 Å². The molecule has 156 valence electrons. The zero-order valence-electron chi connectivity index (χ0n) is 17.5. The minimum Gasteiger partial charge on any atom is -0.497 e. The first-order valence-corrected chi connectivity index (χ1v) is 9.90. The molecule has 0 radical (unpaired) electrons. The average Bonchev–Trinajstić information content (AvgIpc) is 3.36. The molecular weight excluding hydrogens is 370 g/mol. The van der Waals surface area contributed by atoms with E-state index in [4.69, 9.17) is 9.47 Å². The van der Waals surface area contributed by atoms with Crippen LogP contribution in [0.5, 0.6) is 5.75 Å². The Hall–Kier alpha value is -2.80. The van der Waals surface area contributed by atoms with E-state index >= 15 is 0 Å². The quantitative estimate of drug-likeness (QED) is 0.700. The van der Waals surface area contributed by atoms with E-state index in [-0.39, 0.29) is 11.9 Å². The molecule has 0 saturated carbocycles. The fourth-order valence-corrected chi connectivity index (χ4v) is 4.02. The molecule has 1 unspecified atom stereocenters. The number of H-pyrrole nitrogens is 1. The average molecular weight is 399 g/mol. The van der Waals surface area contributed by atoms with Crippen molar-refractivity contribution < 1.29 is 19.1 Å². The first-order valence-electron chi connectivity index (χ1n) is 9.90. The van der Waals surface area contributed by atoms with E-state index in [9.17, 15) is 9.59 Å². The fraction of sp³-hybridized carbons (Fsp3) is 0.455. The molecule has 1 aromatic carbocycles. The Morgan fingerprint density at radius 3 is 2.59 bits per heavy atom. The highest BCUT2D eigenvalue weighted by Crippen LogP contribution is 2.27. The number of carbonyl (C=O) groups excluding carboxylic acids is 2. The number of hydrogen-bond acceptors (Lipinski definition) is 5. The number of amides is 1. The molecule has 2 aromatic rings. The van der Waals surface area contributed by atoms with Gasteiger partial charge >= 0.3 is 5.97 Å². The molecule has 1 saturated heterocycles. The second kappa shape index (κ2) is 9.13. The van der Waals surface area contributed by atoms with Gasteiger partial charge in [0.25, 0.3) is 5.91 Å². The largest absolute Gasteiger partial charge is 0.497 e. The number of aromatic amines is 1. The van der Waals surface area contributed by atoms with Crippen LogP contribution in [-0.4, -0.2) is 55.6 Å². The molecule has 1 atom stereocenters. The molecule has 1 aromatic heterocycles. The SMILES string of the molecule is COC(=O)c1c(C)[nH]c(C(=O)NCC(c2cccc(OC)c2)N2CCCC2)c1C. The molecule has 0 spiro atoms. The predicted molar refractivity (Wildman–Crippen MR) is 110 cm³/mol. The summed E-state index contributed by atoms with van der Waals surface area (Å²) in [6, 6.07) is 8.04. The lowest BCUT2D eigenvalue weighted by Gasteiger charge is -2.28. The fourth-order valence-electron chi connectivity index (χ4n) is 4.02. The summed E-state index contributed by atoms with van der Waals surface area (Å²) in [5.41, 5.74) is 3.16. The molecule has 1 aliphatic heterocycles. The maximum atomic E-state index is 12.9. The first-order chi connectivity index (χ1) is 14.0. The highest BCUT2D eigenvalue weighted by Gasteiger charge is 2.26. The summed E-state index contributed by atoms with van der Waals surface area (Å²) in [4.78, 5) is 30.3. The van der Waals surface area contributed by atoms with E-state index in [1.807, 2.05) is 18.2 Å². The lowest BCUT2D eigenvalue weighted by molar-refractivity contribution is 0.0599. The number of nitrogens with one attached hydrogen (secondary N) is 2. The summed E-state index contributed by atoms with van der Waals surface area (Å²) in [6.45, 7) is 6.00. The Balaban J connectivity index is 1.79. The number of nitrogens with zero attached hydrogens (tertiary/aromatic N) is 1. The molecule has 7 heteroatoms. The third-order valence-corrected chi connectivity index (χ3v) is 5.57. The van der Waals surface area contributed by atoms with Gasteiger partial charge in [0, 0.05) is 12.2 Å². The van der Waals surface area contributed by atoms with Gasteiger partial charge in [-0.2, -0.15) is 0 Å². The Kier molecular flexibility index (Phi) is 6.59. The minimum atomic E-state index is -0.443. The van der Waals surface area contributed by atoms with Crippen LogP contribution in [0.3, 0.4) is 0 Å². The van der Waals surface area contributed by atoms with Gasteiger partial charge in [-0.25, -0.2) is 4.79 Å². The third-order valence-electron chi connectivity index (χ3n) is 5.57. The summed E-state index contributed by atoms with van der Waals surface area (Å²) < 4.78 is 10.2.